The van der Waals surface area contributed by atoms with E-state index in [1.165, 1.54) is 31.4 Å². The molecule has 2 N–H and O–H groups in total. The van der Waals surface area contributed by atoms with Crippen LogP contribution in [0.25, 0.3) is 0 Å². The summed E-state index contributed by atoms with van der Waals surface area (Å²) < 4.78 is 36.7. The summed E-state index contributed by atoms with van der Waals surface area (Å²) in [5, 5.41) is 2.79. The smallest absolute Gasteiger partial charge is 0.409 e. The molecule has 0 saturated carbocycles. The van der Waals surface area contributed by atoms with Crippen molar-refractivity contribution in [2.75, 3.05) is 33.4 Å². The average Bonchev–Trinajstić information content (AvgIpc) is 2.67. The molecule has 2 amide bonds. The molecular weight excluding hydrogens is 374 g/mol. The highest BCUT2D eigenvalue weighted by Crippen LogP contribution is 2.15. The fourth-order valence-corrected chi connectivity index (χ4v) is 3.68. The number of rotatable bonds is 7. The van der Waals surface area contributed by atoms with Crippen LogP contribution in [-0.4, -0.2) is 64.7 Å². The van der Waals surface area contributed by atoms with E-state index in [1.54, 1.807) is 11.8 Å². The van der Waals surface area contributed by atoms with Gasteiger partial charge >= 0.3 is 6.09 Å². The maximum atomic E-state index is 12.2. The lowest BCUT2D eigenvalue weighted by Crippen LogP contribution is -2.48. The van der Waals surface area contributed by atoms with E-state index in [1.807, 2.05) is 0 Å². The molecule has 1 saturated heterocycles. The van der Waals surface area contributed by atoms with Gasteiger partial charge in [-0.1, -0.05) is 0 Å². The molecule has 1 aromatic carbocycles. The lowest BCUT2D eigenvalue weighted by Gasteiger charge is -2.31. The molecule has 0 aliphatic carbocycles. The number of methoxy groups -OCH3 is 1. The minimum atomic E-state index is -3.78. The van der Waals surface area contributed by atoms with E-state index in [4.69, 9.17) is 9.47 Å². The predicted molar refractivity (Wildman–Crippen MR) is 97.9 cm³/mol. The number of likely N-dealkylation sites (tertiary alicyclic amines) is 1. The van der Waals surface area contributed by atoms with Gasteiger partial charge in [-0.2, -0.15) is 0 Å². The summed E-state index contributed by atoms with van der Waals surface area (Å²) in [5.41, 5.74) is 0. The van der Waals surface area contributed by atoms with Crippen molar-refractivity contribution >= 4 is 22.0 Å². The van der Waals surface area contributed by atoms with Crippen LogP contribution in [0.2, 0.25) is 0 Å². The molecular formula is C17H25N3O6S. The summed E-state index contributed by atoms with van der Waals surface area (Å²) in [6, 6.07) is 5.78. The van der Waals surface area contributed by atoms with Crippen molar-refractivity contribution in [1.82, 2.24) is 14.9 Å². The highest BCUT2D eigenvalue weighted by Gasteiger charge is 2.25. The molecule has 1 aromatic rings. The molecule has 0 bridgehead atoms. The number of benzene rings is 1. The number of nitrogens with zero attached hydrogens (tertiary/aromatic N) is 1. The minimum absolute atomic E-state index is 0.0545. The first-order valence-corrected chi connectivity index (χ1v) is 10.2. The van der Waals surface area contributed by atoms with Crippen molar-refractivity contribution in [2.24, 2.45) is 0 Å². The topological polar surface area (TPSA) is 114 Å². The number of amides is 2. The molecule has 0 radical (unpaired) electrons. The first kappa shape index (κ1) is 21.0. The van der Waals surface area contributed by atoms with Gasteiger partial charge in [-0.05, 0) is 44.0 Å². The molecule has 1 heterocycles. The third-order valence-corrected chi connectivity index (χ3v) is 5.60. The zero-order chi connectivity index (χ0) is 19.9. The lowest BCUT2D eigenvalue weighted by atomic mass is 10.1. The summed E-state index contributed by atoms with van der Waals surface area (Å²) in [6.07, 6.45) is 0.834. The Morgan fingerprint density at radius 1 is 1.19 bits per heavy atom. The lowest BCUT2D eigenvalue weighted by molar-refractivity contribution is -0.120. The second kappa shape index (κ2) is 9.56. The molecule has 2 rings (SSSR count). The zero-order valence-electron chi connectivity index (χ0n) is 15.4. The third kappa shape index (κ3) is 6.10. The number of piperidine rings is 1. The molecule has 1 aliphatic heterocycles. The van der Waals surface area contributed by atoms with Crippen LogP contribution in [-0.2, 0) is 19.6 Å². The van der Waals surface area contributed by atoms with E-state index < -0.39 is 15.9 Å². The van der Waals surface area contributed by atoms with Gasteiger partial charge in [0.25, 0.3) is 0 Å². The normalized spacial score (nSPS) is 15.3. The van der Waals surface area contributed by atoms with Crippen LogP contribution in [0.1, 0.15) is 19.8 Å². The van der Waals surface area contributed by atoms with Crippen molar-refractivity contribution in [2.45, 2.75) is 30.7 Å². The van der Waals surface area contributed by atoms with Crippen LogP contribution in [0.15, 0.2) is 29.2 Å². The molecule has 1 fully saturated rings. The number of hydrogen-bond donors (Lipinski definition) is 2. The molecule has 0 unspecified atom stereocenters. The van der Waals surface area contributed by atoms with Gasteiger partial charge in [0.1, 0.15) is 5.75 Å². The number of carbonyl (C=O) groups is 2. The monoisotopic (exact) mass is 399 g/mol. The Bertz CT molecular complexity index is 742. The van der Waals surface area contributed by atoms with Gasteiger partial charge in [-0.15, -0.1) is 0 Å². The quantitative estimate of drug-likeness (QED) is 0.698. The Balaban J connectivity index is 1.78. The van der Waals surface area contributed by atoms with Crippen LogP contribution in [0, 0.1) is 0 Å². The standard InChI is InChI=1S/C17H25N3O6S/c1-3-26-17(22)20-10-8-13(9-11-20)19-16(21)12-18-27(23,24)15-6-4-14(25-2)5-7-15/h4-7,13,18H,3,8-12H2,1-2H3,(H,19,21). The first-order chi connectivity index (χ1) is 12.9. The molecule has 0 spiro atoms. The average molecular weight is 399 g/mol. The van der Waals surface area contributed by atoms with Gasteiger partial charge in [-0.25, -0.2) is 17.9 Å². The van der Waals surface area contributed by atoms with Gasteiger partial charge in [0.15, 0.2) is 0 Å². The van der Waals surface area contributed by atoms with Crippen LogP contribution >= 0.6 is 0 Å². The maximum absolute atomic E-state index is 12.2. The van der Waals surface area contributed by atoms with Crippen molar-refractivity contribution in [1.29, 1.82) is 0 Å². The second-order valence-corrected chi connectivity index (χ2v) is 7.79. The van der Waals surface area contributed by atoms with E-state index >= 15 is 0 Å². The summed E-state index contributed by atoms with van der Waals surface area (Å²) >= 11 is 0. The van der Waals surface area contributed by atoms with Gasteiger partial charge in [-0.3, -0.25) is 4.79 Å². The maximum Gasteiger partial charge on any atom is 0.409 e. The largest absolute Gasteiger partial charge is 0.497 e. The van der Waals surface area contributed by atoms with Crippen molar-refractivity contribution in [3.05, 3.63) is 24.3 Å². The molecule has 9 nitrogen and oxygen atoms in total. The summed E-state index contributed by atoms with van der Waals surface area (Å²) in [7, 11) is -2.29. The Labute approximate surface area is 159 Å². The fourth-order valence-electron chi connectivity index (χ4n) is 2.70. The van der Waals surface area contributed by atoms with E-state index in [9.17, 15) is 18.0 Å². The number of nitrogens with one attached hydrogen (secondary N) is 2. The van der Waals surface area contributed by atoms with Crippen LogP contribution in [0.3, 0.4) is 0 Å². The number of ether oxygens (including phenoxy) is 2. The minimum Gasteiger partial charge on any atom is -0.497 e. The van der Waals surface area contributed by atoms with Crippen LogP contribution < -0.4 is 14.8 Å². The van der Waals surface area contributed by atoms with Crippen LogP contribution in [0.4, 0.5) is 4.79 Å². The Hall–Kier alpha value is -2.33. The Morgan fingerprint density at radius 3 is 2.37 bits per heavy atom. The number of hydrogen-bond acceptors (Lipinski definition) is 6. The summed E-state index contributed by atoms with van der Waals surface area (Å²) in [6.45, 7) is 2.69. The van der Waals surface area contributed by atoms with Crippen molar-refractivity contribution < 1.29 is 27.5 Å². The van der Waals surface area contributed by atoms with E-state index in [2.05, 4.69) is 10.0 Å². The van der Waals surface area contributed by atoms with E-state index in [-0.39, 0.29) is 23.6 Å². The summed E-state index contributed by atoms with van der Waals surface area (Å²) in [4.78, 5) is 25.3. The highest BCUT2D eigenvalue weighted by molar-refractivity contribution is 7.89. The SMILES string of the molecule is CCOC(=O)N1CCC(NC(=O)CNS(=O)(=O)c2ccc(OC)cc2)CC1. The molecule has 27 heavy (non-hydrogen) atoms. The van der Waals surface area contributed by atoms with E-state index in [0.29, 0.717) is 38.3 Å². The van der Waals surface area contributed by atoms with Crippen molar-refractivity contribution in [3.63, 3.8) is 0 Å². The van der Waals surface area contributed by atoms with Gasteiger partial charge in [0.05, 0.1) is 25.2 Å². The summed E-state index contributed by atoms with van der Waals surface area (Å²) in [5.74, 6) is 0.127. The first-order valence-electron chi connectivity index (χ1n) is 8.70. The zero-order valence-corrected chi connectivity index (χ0v) is 16.3. The predicted octanol–water partition coefficient (Wildman–Crippen LogP) is 0.711. The molecule has 0 aromatic heterocycles. The van der Waals surface area contributed by atoms with Gasteiger partial charge in [0, 0.05) is 19.1 Å². The van der Waals surface area contributed by atoms with Crippen molar-refractivity contribution in [3.8, 4) is 5.75 Å². The number of carbonyl (C=O) groups excluding carboxylic acids is 2. The Morgan fingerprint density at radius 2 is 1.81 bits per heavy atom. The van der Waals surface area contributed by atoms with Crippen LogP contribution in [0.5, 0.6) is 5.75 Å². The molecule has 10 heteroatoms. The molecule has 1 aliphatic rings. The van der Waals surface area contributed by atoms with E-state index in [0.717, 1.165) is 0 Å². The third-order valence-electron chi connectivity index (χ3n) is 4.18. The molecule has 150 valence electrons. The Kier molecular flexibility index (Phi) is 7.43. The number of sulfonamides is 1. The highest BCUT2D eigenvalue weighted by atomic mass is 32.2. The molecule has 0 atom stereocenters. The van der Waals surface area contributed by atoms with Gasteiger partial charge in [0.2, 0.25) is 15.9 Å². The fraction of sp³-hybridized carbons (Fsp3) is 0.529. The van der Waals surface area contributed by atoms with Gasteiger partial charge < -0.3 is 19.7 Å². The second-order valence-electron chi connectivity index (χ2n) is 6.03.